The molecule has 0 aliphatic heterocycles. The molecule has 0 amide bonds. The van der Waals surface area contributed by atoms with Gasteiger partial charge in [-0.25, -0.2) is 0 Å². The Hall–Kier alpha value is -5.48. The van der Waals surface area contributed by atoms with Gasteiger partial charge in [0.1, 0.15) is 22.3 Å². The van der Waals surface area contributed by atoms with Crippen LogP contribution < -0.4 is 5.73 Å². The van der Waals surface area contributed by atoms with Crippen molar-refractivity contribution in [3.63, 3.8) is 0 Å². The zero-order chi connectivity index (χ0) is 26.4. The van der Waals surface area contributed by atoms with E-state index in [2.05, 4.69) is 95.6 Å². The fraction of sp³-hybridized carbons (Fsp3) is 0. The van der Waals surface area contributed by atoms with Crippen molar-refractivity contribution >= 4 is 71.4 Å². The summed E-state index contributed by atoms with van der Waals surface area (Å²) < 4.78 is 14.8. The molecule has 6 aromatic carbocycles. The second-order valence-electron chi connectivity index (χ2n) is 10.4. The Morgan fingerprint density at radius 1 is 0.500 bits per heavy atom. The summed E-state index contributed by atoms with van der Waals surface area (Å²) >= 11 is 0. The van der Waals surface area contributed by atoms with Crippen molar-refractivity contribution in [1.82, 2.24) is 4.57 Å². The molecule has 0 atom stereocenters. The van der Waals surface area contributed by atoms with E-state index in [1.807, 2.05) is 30.3 Å². The zero-order valence-corrected chi connectivity index (χ0v) is 21.4. The van der Waals surface area contributed by atoms with Gasteiger partial charge in [-0.1, -0.05) is 60.7 Å². The van der Waals surface area contributed by atoms with Crippen LogP contribution in [0, 0.1) is 0 Å². The standard InChI is InChI=1S/C36H22N2O2/c37-22-14-17-33-28(20-22)27-19-21(13-16-32(27)39-33)23-7-1-4-10-29(23)38-30-11-5-2-8-24(30)25-15-18-34-35(36(25)38)26-9-3-6-12-31(26)40-34/h1-20H,37H2. The van der Waals surface area contributed by atoms with Gasteiger partial charge in [0, 0.05) is 38.2 Å². The van der Waals surface area contributed by atoms with Crippen LogP contribution in [0.2, 0.25) is 0 Å². The highest BCUT2D eigenvalue weighted by Gasteiger charge is 2.20. The Balaban J connectivity index is 1.41. The number of nitrogens with zero attached hydrogens (tertiary/aromatic N) is 1. The molecule has 3 aromatic heterocycles. The van der Waals surface area contributed by atoms with Crippen molar-refractivity contribution in [2.75, 3.05) is 5.73 Å². The highest BCUT2D eigenvalue weighted by Crippen LogP contribution is 2.43. The summed E-state index contributed by atoms with van der Waals surface area (Å²) in [5, 5.41) is 6.75. The summed E-state index contributed by atoms with van der Waals surface area (Å²) in [6.45, 7) is 0. The first-order valence-electron chi connectivity index (χ1n) is 13.4. The number of hydrogen-bond donors (Lipinski definition) is 1. The summed E-state index contributed by atoms with van der Waals surface area (Å²) in [6.07, 6.45) is 0. The molecule has 40 heavy (non-hydrogen) atoms. The van der Waals surface area contributed by atoms with Gasteiger partial charge in [0.05, 0.1) is 22.1 Å². The van der Waals surface area contributed by atoms with Crippen molar-refractivity contribution in [2.45, 2.75) is 0 Å². The van der Waals surface area contributed by atoms with Crippen molar-refractivity contribution < 1.29 is 8.83 Å². The van der Waals surface area contributed by atoms with E-state index in [1.54, 1.807) is 0 Å². The van der Waals surface area contributed by atoms with Crippen LogP contribution in [0.15, 0.2) is 130 Å². The van der Waals surface area contributed by atoms with E-state index in [9.17, 15) is 0 Å². The van der Waals surface area contributed by atoms with Gasteiger partial charge >= 0.3 is 0 Å². The zero-order valence-electron chi connectivity index (χ0n) is 21.4. The molecule has 0 saturated carbocycles. The van der Waals surface area contributed by atoms with E-state index in [0.717, 1.165) is 77.4 Å². The number of furan rings is 2. The topological polar surface area (TPSA) is 57.2 Å². The lowest BCUT2D eigenvalue weighted by Crippen LogP contribution is -1.97. The molecular weight excluding hydrogens is 492 g/mol. The van der Waals surface area contributed by atoms with E-state index in [4.69, 9.17) is 14.6 Å². The molecule has 0 saturated heterocycles. The Kier molecular flexibility index (Phi) is 4.17. The fourth-order valence-electron chi connectivity index (χ4n) is 6.39. The molecule has 0 bridgehead atoms. The van der Waals surface area contributed by atoms with Gasteiger partial charge in [0.15, 0.2) is 0 Å². The number of fused-ring (bicyclic) bond motifs is 10. The maximum absolute atomic E-state index is 6.32. The summed E-state index contributed by atoms with van der Waals surface area (Å²) in [5.74, 6) is 0. The van der Waals surface area contributed by atoms with Crippen LogP contribution in [0.25, 0.3) is 82.5 Å². The number of rotatable bonds is 2. The average molecular weight is 515 g/mol. The second kappa shape index (κ2) is 7.78. The van der Waals surface area contributed by atoms with E-state index < -0.39 is 0 Å². The van der Waals surface area contributed by atoms with Crippen molar-refractivity contribution in [1.29, 1.82) is 0 Å². The van der Waals surface area contributed by atoms with Gasteiger partial charge in [-0.15, -0.1) is 0 Å². The maximum atomic E-state index is 6.32. The van der Waals surface area contributed by atoms with Gasteiger partial charge in [-0.05, 0) is 66.2 Å². The Bertz CT molecular complexity index is 2460. The van der Waals surface area contributed by atoms with Crippen molar-refractivity contribution in [3.05, 3.63) is 121 Å². The Morgan fingerprint density at radius 3 is 2.10 bits per heavy atom. The number of nitrogen functional groups attached to an aromatic ring is 1. The van der Waals surface area contributed by atoms with E-state index in [-0.39, 0.29) is 0 Å². The summed E-state index contributed by atoms with van der Waals surface area (Å²) in [6, 6.07) is 42.1. The molecule has 0 unspecified atom stereocenters. The largest absolute Gasteiger partial charge is 0.456 e. The first-order valence-corrected chi connectivity index (χ1v) is 13.4. The SMILES string of the molecule is Nc1ccc2oc3ccc(-c4ccccc4-n4c5ccccc5c5ccc6oc7ccccc7c6c54)cc3c2c1. The van der Waals surface area contributed by atoms with Gasteiger partial charge in [0.25, 0.3) is 0 Å². The third-order valence-corrected chi connectivity index (χ3v) is 8.12. The van der Waals surface area contributed by atoms with Gasteiger partial charge < -0.3 is 19.1 Å². The molecule has 0 aliphatic rings. The first kappa shape index (κ1) is 21.5. The average Bonchev–Trinajstić information content (AvgIpc) is 3.66. The Morgan fingerprint density at radius 2 is 1.18 bits per heavy atom. The molecule has 188 valence electrons. The van der Waals surface area contributed by atoms with Crippen LogP contribution in [-0.2, 0) is 0 Å². The lowest BCUT2D eigenvalue weighted by molar-refractivity contribution is 0.668. The molecule has 4 nitrogen and oxygen atoms in total. The first-order chi connectivity index (χ1) is 19.7. The number of benzene rings is 6. The van der Waals surface area contributed by atoms with Crippen LogP contribution in [0.1, 0.15) is 0 Å². The number of para-hydroxylation sites is 3. The smallest absolute Gasteiger partial charge is 0.137 e. The van der Waals surface area contributed by atoms with Gasteiger partial charge in [-0.2, -0.15) is 0 Å². The molecule has 4 heteroatoms. The monoisotopic (exact) mass is 514 g/mol. The minimum absolute atomic E-state index is 0.725. The van der Waals surface area contributed by atoms with E-state index in [0.29, 0.717) is 0 Å². The minimum atomic E-state index is 0.725. The van der Waals surface area contributed by atoms with Crippen LogP contribution in [0.4, 0.5) is 5.69 Å². The fourth-order valence-corrected chi connectivity index (χ4v) is 6.39. The lowest BCUT2D eigenvalue weighted by atomic mass is 10.0. The van der Waals surface area contributed by atoms with Gasteiger partial charge in [-0.3, -0.25) is 0 Å². The number of aromatic nitrogens is 1. The predicted octanol–water partition coefficient (Wildman–Crippen LogP) is 9.83. The summed E-state index contributed by atoms with van der Waals surface area (Å²) in [4.78, 5) is 0. The quantitative estimate of drug-likeness (QED) is 0.234. The molecule has 0 radical (unpaired) electrons. The van der Waals surface area contributed by atoms with Crippen LogP contribution in [0.5, 0.6) is 0 Å². The van der Waals surface area contributed by atoms with Crippen molar-refractivity contribution in [2.24, 2.45) is 0 Å². The summed E-state index contributed by atoms with van der Waals surface area (Å²) in [7, 11) is 0. The molecule has 0 aliphatic carbocycles. The lowest BCUT2D eigenvalue weighted by Gasteiger charge is -2.14. The highest BCUT2D eigenvalue weighted by atomic mass is 16.3. The molecule has 0 fully saturated rings. The molecule has 9 rings (SSSR count). The Labute approximate surface area is 228 Å². The van der Waals surface area contributed by atoms with Crippen LogP contribution in [-0.4, -0.2) is 4.57 Å². The van der Waals surface area contributed by atoms with Crippen LogP contribution in [0.3, 0.4) is 0 Å². The van der Waals surface area contributed by atoms with E-state index in [1.165, 1.54) is 10.8 Å². The summed E-state index contributed by atoms with van der Waals surface area (Å²) in [5.41, 5.74) is 16.0. The molecule has 2 N–H and O–H groups in total. The number of hydrogen-bond acceptors (Lipinski definition) is 3. The van der Waals surface area contributed by atoms with Gasteiger partial charge in [0.2, 0.25) is 0 Å². The number of nitrogens with two attached hydrogens (primary N) is 1. The second-order valence-corrected chi connectivity index (χ2v) is 10.4. The number of anilines is 1. The van der Waals surface area contributed by atoms with Crippen molar-refractivity contribution in [3.8, 4) is 16.8 Å². The molecule has 0 spiro atoms. The third kappa shape index (κ3) is 2.85. The molecular formula is C36H22N2O2. The highest BCUT2D eigenvalue weighted by molar-refractivity contribution is 6.24. The molecule has 3 heterocycles. The molecule has 9 aromatic rings. The predicted molar refractivity (Wildman–Crippen MR) is 165 cm³/mol. The van der Waals surface area contributed by atoms with E-state index >= 15 is 0 Å². The minimum Gasteiger partial charge on any atom is -0.456 e. The van der Waals surface area contributed by atoms with Crippen LogP contribution >= 0.6 is 0 Å². The normalized spacial score (nSPS) is 12.1. The third-order valence-electron chi connectivity index (χ3n) is 8.12. The maximum Gasteiger partial charge on any atom is 0.137 e.